The molecule has 0 radical (unpaired) electrons. The summed E-state index contributed by atoms with van der Waals surface area (Å²) in [7, 11) is 0. The molecule has 6 heteroatoms. The van der Waals surface area contributed by atoms with E-state index in [1.807, 2.05) is 10.6 Å². The van der Waals surface area contributed by atoms with Gasteiger partial charge in [-0.1, -0.05) is 0 Å². The summed E-state index contributed by atoms with van der Waals surface area (Å²) in [4.78, 5) is 4.01. The van der Waals surface area contributed by atoms with Gasteiger partial charge >= 0.3 is 0 Å². The maximum Gasteiger partial charge on any atom is 0.198 e. The van der Waals surface area contributed by atoms with Crippen LogP contribution < -0.4 is 0 Å². The van der Waals surface area contributed by atoms with E-state index in [0.717, 1.165) is 14.1 Å². The molecule has 0 aliphatic rings. The largest absolute Gasteiger partial charge is 0.274 e. The van der Waals surface area contributed by atoms with Crippen LogP contribution in [0.25, 0.3) is 5.65 Å². The van der Waals surface area contributed by atoms with Gasteiger partial charge < -0.3 is 0 Å². The van der Waals surface area contributed by atoms with Crippen LogP contribution >= 0.6 is 38.5 Å². The molecule has 0 aromatic carbocycles. The Hall–Kier alpha value is -0.240. The van der Waals surface area contributed by atoms with E-state index in [1.54, 1.807) is 6.20 Å². The van der Waals surface area contributed by atoms with Crippen molar-refractivity contribution in [1.82, 2.24) is 19.6 Å². The number of halogens is 2. The van der Waals surface area contributed by atoms with Crippen LogP contribution in [0, 0.1) is 3.83 Å². The van der Waals surface area contributed by atoms with E-state index < -0.39 is 0 Å². The van der Waals surface area contributed by atoms with Crippen molar-refractivity contribution in [2.75, 3.05) is 0 Å². The highest BCUT2D eigenvalue weighted by atomic mass is 127. The lowest BCUT2D eigenvalue weighted by Crippen LogP contribution is -1.88. The molecule has 0 aliphatic carbocycles. The first-order valence-corrected chi connectivity index (χ1v) is 4.67. The SMILES string of the molecule is Brc1nccn2c(I)nnc12. The van der Waals surface area contributed by atoms with Crippen LogP contribution in [-0.4, -0.2) is 19.6 Å². The van der Waals surface area contributed by atoms with E-state index in [2.05, 4.69) is 53.7 Å². The topological polar surface area (TPSA) is 43.1 Å². The van der Waals surface area contributed by atoms with Crippen molar-refractivity contribution in [3.63, 3.8) is 0 Å². The molecule has 0 spiro atoms. The van der Waals surface area contributed by atoms with Crippen molar-refractivity contribution in [2.45, 2.75) is 0 Å². The summed E-state index contributed by atoms with van der Waals surface area (Å²) in [6, 6.07) is 0. The fraction of sp³-hybridized carbons (Fsp3) is 0. The van der Waals surface area contributed by atoms with Crippen LogP contribution in [0.5, 0.6) is 0 Å². The Morgan fingerprint density at radius 3 is 3.00 bits per heavy atom. The molecule has 2 aromatic heterocycles. The van der Waals surface area contributed by atoms with Crippen molar-refractivity contribution in [3.05, 3.63) is 20.8 Å². The third-order valence-corrected chi connectivity index (χ3v) is 2.54. The third kappa shape index (κ3) is 1.13. The highest BCUT2D eigenvalue weighted by Gasteiger charge is 2.04. The van der Waals surface area contributed by atoms with Gasteiger partial charge in [0.15, 0.2) is 14.1 Å². The highest BCUT2D eigenvalue weighted by Crippen LogP contribution is 2.13. The smallest absolute Gasteiger partial charge is 0.198 e. The molecule has 0 saturated carbocycles. The lowest BCUT2D eigenvalue weighted by molar-refractivity contribution is 1.04. The molecule has 0 N–H and O–H groups in total. The van der Waals surface area contributed by atoms with Crippen molar-refractivity contribution < 1.29 is 0 Å². The van der Waals surface area contributed by atoms with E-state index in [0.29, 0.717) is 0 Å². The molecule has 0 bridgehead atoms. The van der Waals surface area contributed by atoms with Gasteiger partial charge in [-0.2, -0.15) is 0 Å². The first-order chi connectivity index (χ1) is 5.29. The van der Waals surface area contributed by atoms with E-state index >= 15 is 0 Å². The Bertz CT molecular complexity index is 398. The number of hydrogen-bond acceptors (Lipinski definition) is 3. The quantitative estimate of drug-likeness (QED) is 0.690. The minimum atomic E-state index is 0.718. The molecule has 0 fully saturated rings. The zero-order valence-corrected chi connectivity index (χ0v) is 8.94. The molecule has 0 atom stereocenters. The van der Waals surface area contributed by atoms with Gasteiger partial charge in [-0.25, -0.2) is 4.98 Å². The number of rotatable bonds is 0. The molecule has 2 heterocycles. The summed E-state index contributed by atoms with van der Waals surface area (Å²) in [5.74, 6) is 0. The molecular formula is C5H2BrIN4. The fourth-order valence-corrected chi connectivity index (χ4v) is 1.65. The predicted molar refractivity (Wildman–Crippen MR) is 51.2 cm³/mol. The summed E-state index contributed by atoms with van der Waals surface area (Å²) in [5.41, 5.74) is 0.747. The van der Waals surface area contributed by atoms with E-state index in [9.17, 15) is 0 Å². The lowest BCUT2D eigenvalue weighted by atomic mass is 10.7. The molecule has 11 heavy (non-hydrogen) atoms. The van der Waals surface area contributed by atoms with Crippen molar-refractivity contribution in [3.8, 4) is 0 Å². The molecule has 56 valence electrons. The zero-order valence-electron chi connectivity index (χ0n) is 5.20. The summed E-state index contributed by atoms with van der Waals surface area (Å²) in [6.07, 6.45) is 3.52. The van der Waals surface area contributed by atoms with Crippen LogP contribution in [0.4, 0.5) is 0 Å². The Morgan fingerprint density at radius 2 is 2.27 bits per heavy atom. The maximum atomic E-state index is 4.01. The number of aromatic nitrogens is 4. The summed E-state index contributed by atoms with van der Waals surface area (Å²) >= 11 is 5.38. The Kier molecular flexibility index (Phi) is 1.80. The molecule has 2 rings (SSSR count). The summed E-state index contributed by atoms with van der Waals surface area (Å²) < 4.78 is 3.41. The van der Waals surface area contributed by atoms with E-state index in [1.165, 1.54) is 0 Å². The minimum Gasteiger partial charge on any atom is -0.274 e. The molecule has 2 aromatic rings. The number of fused-ring (bicyclic) bond motifs is 1. The second kappa shape index (κ2) is 2.67. The van der Waals surface area contributed by atoms with Gasteiger partial charge in [0.05, 0.1) is 0 Å². The third-order valence-electron chi connectivity index (χ3n) is 1.24. The molecule has 0 saturated heterocycles. The molecule has 0 amide bonds. The van der Waals surface area contributed by atoms with Crippen molar-refractivity contribution in [2.24, 2.45) is 0 Å². The summed E-state index contributed by atoms with van der Waals surface area (Å²) in [6.45, 7) is 0. The Morgan fingerprint density at radius 1 is 1.45 bits per heavy atom. The van der Waals surface area contributed by atoms with Crippen LogP contribution in [0.2, 0.25) is 0 Å². The highest BCUT2D eigenvalue weighted by molar-refractivity contribution is 14.1. The predicted octanol–water partition coefficient (Wildman–Crippen LogP) is 1.49. The molecule has 0 aliphatic heterocycles. The van der Waals surface area contributed by atoms with E-state index in [4.69, 9.17) is 0 Å². The second-order valence-electron chi connectivity index (χ2n) is 1.88. The van der Waals surface area contributed by atoms with Crippen LogP contribution in [0.15, 0.2) is 17.0 Å². The zero-order chi connectivity index (χ0) is 7.84. The molecule has 0 unspecified atom stereocenters. The van der Waals surface area contributed by atoms with Gasteiger partial charge in [-0.3, -0.25) is 4.40 Å². The normalized spacial score (nSPS) is 10.7. The lowest BCUT2D eigenvalue weighted by Gasteiger charge is -1.92. The van der Waals surface area contributed by atoms with E-state index in [-0.39, 0.29) is 0 Å². The average Bonchev–Trinajstić information content (AvgIpc) is 2.35. The first kappa shape index (κ1) is 7.41. The Balaban J connectivity index is 2.94. The standard InChI is InChI=1S/C5H2BrIN4/c6-3-4-9-10-5(7)11(4)2-1-8-3/h1-2H. The summed E-state index contributed by atoms with van der Waals surface area (Å²) in [5, 5.41) is 7.80. The maximum absolute atomic E-state index is 4.01. The van der Waals surface area contributed by atoms with Gasteiger partial charge in [-0.15, -0.1) is 10.2 Å². The van der Waals surface area contributed by atoms with Gasteiger partial charge in [0, 0.05) is 35.0 Å². The van der Waals surface area contributed by atoms with Crippen molar-refractivity contribution >= 4 is 44.2 Å². The fourth-order valence-electron chi connectivity index (χ4n) is 0.768. The van der Waals surface area contributed by atoms with Crippen LogP contribution in [0.1, 0.15) is 0 Å². The number of hydrogen-bond donors (Lipinski definition) is 0. The van der Waals surface area contributed by atoms with Gasteiger partial charge in [0.2, 0.25) is 0 Å². The second-order valence-corrected chi connectivity index (χ2v) is 3.60. The number of nitrogens with zero attached hydrogens (tertiary/aromatic N) is 4. The first-order valence-electron chi connectivity index (χ1n) is 2.80. The van der Waals surface area contributed by atoms with Gasteiger partial charge in [-0.05, 0) is 15.9 Å². The van der Waals surface area contributed by atoms with Gasteiger partial charge in [0.25, 0.3) is 0 Å². The van der Waals surface area contributed by atoms with Crippen LogP contribution in [-0.2, 0) is 0 Å². The van der Waals surface area contributed by atoms with Crippen LogP contribution in [0.3, 0.4) is 0 Å². The van der Waals surface area contributed by atoms with Gasteiger partial charge in [0.1, 0.15) is 0 Å². The minimum absolute atomic E-state index is 0.718. The monoisotopic (exact) mass is 324 g/mol. The average molecular weight is 325 g/mol. The Labute approximate surface area is 84.3 Å². The molecule has 4 nitrogen and oxygen atoms in total. The van der Waals surface area contributed by atoms with Crippen molar-refractivity contribution in [1.29, 1.82) is 0 Å². The molecular weight excluding hydrogens is 323 g/mol.